The molecule has 2 amide bonds. The normalized spacial score (nSPS) is 11.3. The van der Waals surface area contributed by atoms with Crippen LogP contribution >= 0.6 is 0 Å². The van der Waals surface area contributed by atoms with Crippen molar-refractivity contribution in [3.63, 3.8) is 0 Å². The molecule has 0 aliphatic rings. The number of benzene rings is 1. The molecule has 7 nitrogen and oxygen atoms in total. The van der Waals surface area contributed by atoms with Crippen molar-refractivity contribution in [1.29, 1.82) is 0 Å². The second kappa shape index (κ2) is 9.88. The lowest BCUT2D eigenvalue weighted by Crippen LogP contribution is -2.25. The van der Waals surface area contributed by atoms with Crippen molar-refractivity contribution in [2.75, 3.05) is 25.1 Å². The van der Waals surface area contributed by atoms with Crippen LogP contribution in [0.3, 0.4) is 0 Å². The number of carbonyl (C=O) groups excluding carboxylic acids is 2. The van der Waals surface area contributed by atoms with E-state index >= 15 is 0 Å². The third-order valence-corrected chi connectivity index (χ3v) is 3.60. The van der Waals surface area contributed by atoms with E-state index in [2.05, 4.69) is 15.7 Å². The maximum Gasteiger partial charge on any atom is 0.435 e. The number of carbonyl (C=O) groups is 2. The van der Waals surface area contributed by atoms with Crippen molar-refractivity contribution in [2.24, 2.45) is 0 Å². The Morgan fingerprint density at radius 2 is 2.04 bits per heavy atom. The lowest BCUT2D eigenvalue weighted by molar-refractivity contribution is -0.141. The van der Waals surface area contributed by atoms with Gasteiger partial charge < -0.3 is 15.4 Å². The summed E-state index contributed by atoms with van der Waals surface area (Å²) in [7, 11) is 0. The number of anilines is 1. The van der Waals surface area contributed by atoms with Crippen LogP contribution < -0.4 is 10.6 Å². The molecular formula is C18H21F3N4O3. The van der Waals surface area contributed by atoms with E-state index < -0.39 is 17.8 Å². The van der Waals surface area contributed by atoms with Gasteiger partial charge in [-0.2, -0.15) is 18.3 Å². The quantitative estimate of drug-likeness (QED) is 0.636. The van der Waals surface area contributed by atoms with Crippen LogP contribution in [0.1, 0.15) is 29.4 Å². The Balaban J connectivity index is 1.88. The van der Waals surface area contributed by atoms with Gasteiger partial charge in [0.15, 0.2) is 5.69 Å². The standard InChI is InChI=1S/C18H21F3N4O3/c1-2-28-10-4-8-22-17(27)13-5-3-6-14(11-13)23-16(26)12-25-9-7-15(24-25)18(19,20)21/h3,5-7,9,11H,2,4,8,10,12H2,1H3,(H,22,27)(H,23,26). The minimum atomic E-state index is -4.56. The van der Waals surface area contributed by atoms with Crippen LogP contribution in [-0.2, 0) is 22.3 Å². The molecule has 2 N–H and O–H groups in total. The Kier molecular flexibility index (Phi) is 7.56. The van der Waals surface area contributed by atoms with Gasteiger partial charge in [-0.05, 0) is 37.6 Å². The van der Waals surface area contributed by atoms with E-state index in [4.69, 9.17) is 4.74 Å². The summed E-state index contributed by atoms with van der Waals surface area (Å²) in [5.41, 5.74) is -0.355. The fraction of sp³-hybridized carbons (Fsp3) is 0.389. The molecule has 1 aromatic carbocycles. The highest BCUT2D eigenvalue weighted by Gasteiger charge is 2.33. The van der Waals surface area contributed by atoms with Crippen LogP contribution in [0, 0.1) is 0 Å². The first kappa shape index (κ1) is 21.4. The van der Waals surface area contributed by atoms with Gasteiger partial charge in [0.05, 0.1) is 0 Å². The first-order valence-corrected chi connectivity index (χ1v) is 8.66. The highest BCUT2D eigenvalue weighted by molar-refractivity contribution is 5.97. The van der Waals surface area contributed by atoms with E-state index in [1.165, 1.54) is 6.07 Å². The number of halogens is 3. The monoisotopic (exact) mass is 398 g/mol. The predicted octanol–water partition coefficient (Wildman–Crippen LogP) is 2.70. The molecule has 0 atom stereocenters. The lowest BCUT2D eigenvalue weighted by atomic mass is 10.2. The number of hydrogen-bond donors (Lipinski definition) is 2. The predicted molar refractivity (Wildman–Crippen MR) is 95.7 cm³/mol. The molecule has 1 aromatic heterocycles. The molecule has 0 saturated heterocycles. The Hall–Kier alpha value is -2.88. The van der Waals surface area contributed by atoms with Crippen LogP contribution in [0.25, 0.3) is 0 Å². The van der Waals surface area contributed by atoms with Crippen molar-refractivity contribution in [3.05, 3.63) is 47.8 Å². The van der Waals surface area contributed by atoms with Gasteiger partial charge in [0.1, 0.15) is 6.54 Å². The molecule has 0 unspecified atom stereocenters. The number of aromatic nitrogens is 2. The first-order valence-electron chi connectivity index (χ1n) is 8.66. The Labute approximate surface area is 159 Å². The van der Waals surface area contributed by atoms with Crippen LogP contribution in [-0.4, -0.2) is 41.4 Å². The SMILES string of the molecule is CCOCCCNC(=O)c1cccc(NC(=O)Cn2ccc(C(F)(F)F)n2)c1. The third-order valence-electron chi connectivity index (χ3n) is 3.60. The summed E-state index contributed by atoms with van der Waals surface area (Å²) < 4.78 is 43.7. The number of rotatable bonds is 9. The van der Waals surface area contributed by atoms with E-state index in [9.17, 15) is 22.8 Å². The summed E-state index contributed by atoms with van der Waals surface area (Å²) in [6.07, 6.45) is -2.81. The summed E-state index contributed by atoms with van der Waals surface area (Å²) in [4.78, 5) is 24.1. The van der Waals surface area contributed by atoms with Crippen molar-refractivity contribution < 1.29 is 27.5 Å². The van der Waals surface area contributed by atoms with Crippen molar-refractivity contribution in [2.45, 2.75) is 26.1 Å². The van der Waals surface area contributed by atoms with E-state index in [1.54, 1.807) is 18.2 Å². The molecule has 28 heavy (non-hydrogen) atoms. The van der Waals surface area contributed by atoms with Gasteiger partial charge in [0.25, 0.3) is 5.91 Å². The molecule has 0 aliphatic heterocycles. The third kappa shape index (κ3) is 6.69. The fourth-order valence-electron chi connectivity index (χ4n) is 2.31. The van der Waals surface area contributed by atoms with Gasteiger partial charge in [-0.25, -0.2) is 0 Å². The average Bonchev–Trinajstić information content (AvgIpc) is 3.10. The minimum Gasteiger partial charge on any atom is -0.382 e. The molecule has 0 spiro atoms. The number of nitrogens with one attached hydrogen (secondary N) is 2. The molecule has 10 heteroatoms. The van der Waals surface area contributed by atoms with Crippen LogP contribution in [0.2, 0.25) is 0 Å². The topological polar surface area (TPSA) is 85.3 Å². The molecule has 0 bridgehead atoms. The molecule has 0 saturated carbocycles. The second-order valence-electron chi connectivity index (χ2n) is 5.83. The number of alkyl halides is 3. The second-order valence-corrected chi connectivity index (χ2v) is 5.83. The highest BCUT2D eigenvalue weighted by atomic mass is 19.4. The van der Waals surface area contributed by atoms with Crippen LogP contribution in [0.4, 0.5) is 18.9 Å². The van der Waals surface area contributed by atoms with Crippen LogP contribution in [0.5, 0.6) is 0 Å². The Morgan fingerprint density at radius 3 is 2.71 bits per heavy atom. The number of ether oxygens (including phenoxy) is 1. The van der Waals surface area contributed by atoms with E-state index in [-0.39, 0.29) is 12.5 Å². The molecule has 0 fully saturated rings. The molecular weight excluding hydrogens is 377 g/mol. The Bertz CT molecular complexity index is 805. The maximum atomic E-state index is 12.5. The van der Waals surface area contributed by atoms with Gasteiger partial charge in [-0.1, -0.05) is 6.07 Å². The number of amides is 2. The molecule has 2 aromatic rings. The first-order chi connectivity index (χ1) is 13.3. The average molecular weight is 398 g/mol. The van der Waals surface area contributed by atoms with Gasteiger partial charge >= 0.3 is 6.18 Å². The Morgan fingerprint density at radius 1 is 1.25 bits per heavy atom. The zero-order valence-electron chi connectivity index (χ0n) is 15.3. The van der Waals surface area contributed by atoms with Gasteiger partial charge in [0.2, 0.25) is 5.91 Å². The van der Waals surface area contributed by atoms with E-state index in [1.807, 2.05) is 6.92 Å². The number of nitrogens with zero attached hydrogens (tertiary/aromatic N) is 2. The summed E-state index contributed by atoms with van der Waals surface area (Å²) in [5.74, 6) is -0.861. The number of hydrogen-bond acceptors (Lipinski definition) is 4. The molecule has 1 heterocycles. The van der Waals surface area contributed by atoms with Crippen molar-refractivity contribution >= 4 is 17.5 Å². The van der Waals surface area contributed by atoms with Crippen molar-refractivity contribution in [3.8, 4) is 0 Å². The van der Waals surface area contributed by atoms with E-state index in [0.29, 0.717) is 37.4 Å². The van der Waals surface area contributed by atoms with E-state index in [0.717, 1.165) is 16.9 Å². The summed E-state index contributed by atoms with van der Waals surface area (Å²) in [6.45, 7) is 3.13. The van der Waals surface area contributed by atoms with Crippen LogP contribution in [0.15, 0.2) is 36.5 Å². The zero-order chi connectivity index (χ0) is 20.6. The highest BCUT2D eigenvalue weighted by Crippen LogP contribution is 2.27. The fourth-order valence-corrected chi connectivity index (χ4v) is 2.31. The van der Waals surface area contributed by atoms with Gasteiger partial charge in [-0.3, -0.25) is 14.3 Å². The summed E-state index contributed by atoms with van der Waals surface area (Å²) >= 11 is 0. The largest absolute Gasteiger partial charge is 0.435 e. The summed E-state index contributed by atoms with van der Waals surface area (Å²) in [5, 5.41) is 8.60. The molecule has 0 radical (unpaired) electrons. The van der Waals surface area contributed by atoms with Gasteiger partial charge in [0, 0.05) is 37.2 Å². The molecule has 152 valence electrons. The molecule has 2 rings (SSSR count). The van der Waals surface area contributed by atoms with Gasteiger partial charge in [-0.15, -0.1) is 0 Å². The zero-order valence-corrected chi connectivity index (χ0v) is 15.3. The maximum absolute atomic E-state index is 12.5. The minimum absolute atomic E-state index is 0.297. The molecule has 0 aliphatic carbocycles. The van der Waals surface area contributed by atoms with Crippen molar-refractivity contribution in [1.82, 2.24) is 15.1 Å². The smallest absolute Gasteiger partial charge is 0.382 e. The summed E-state index contributed by atoms with van der Waals surface area (Å²) in [6, 6.07) is 7.05. The lowest BCUT2D eigenvalue weighted by Gasteiger charge is -2.09.